The van der Waals surface area contributed by atoms with Crippen LogP contribution in [0.15, 0.2) is 30.6 Å². The molecule has 3 rings (SSSR count). The van der Waals surface area contributed by atoms with Crippen molar-refractivity contribution in [2.45, 2.75) is 19.3 Å². The summed E-state index contributed by atoms with van der Waals surface area (Å²) in [5, 5.41) is 0. The lowest BCUT2D eigenvalue weighted by Crippen LogP contribution is -2.40. The van der Waals surface area contributed by atoms with Gasteiger partial charge in [0.1, 0.15) is 23.7 Å². The number of piperidine rings is 1. The van der Waals surface area contributed by atoms with Crippen molar-refractivity contribution in [3.8, 4) is 0 Å². The summed E-state index contributed by atoms with van der Waals surface area (Å²) in [7, 11) is 3.31. The maximum atomic E-state index is 13.4. The van der Waals surface area contributed by atoms with Crippen molar-refractivity contribution >= 4 is 11.8 Å². The zero-order valence-corrected chi connectivity index (χ0v) is 15.9. The van der Waals surface area contributed by atoms with Crippen LogP contribution in [0, 0.1) is 17.6 Å². The molecule has 1 aromatic heterocycles. The number of likely N-dealkylation sites (tertiary alicyclic amines) is 1. The number of halogens is 2. The first-order chi connectivity index (χ1) is 13.3. The number of rotatable bonds is 4. The Hall–Kier alpha value is -2.90. The average Bonchev–Trinajstić information content (AvgIpc) is 2.66. The lowest BCUT2D eigenvalue weighted by atomic mass is 9.92. The van der Waals surface area contributed by atoms with Crippen LogP contribution in [0.4, 0.5) is 8.78 Å². The number of carbonyl (C=O) groups is 2. The van der Waals surface area contributed by atoms with Crippen LogP contribution >= 0.6 is 0 Å². The third-order valence-corrected chi connectivity index (χ3v) is 4.76. The molecule has 2 amide bonds. The number of amides is 2. The highest BCUT2D eigenvalue weighted by Gasteiger charge is 2.26. The minimum Gasteiger partial charge on any atom is -0.343 e. The van der Waals surface area contributed by atoms with Gasteiger partial charge in [-0.25, -0.2) is 18.7 Å². The third kappa shape index (κ3) is 4.68. The van der Waals surface area contributed by atoms with E-state index < -0.39 is 11.6 Å². The first-order valence-electron chi connectivity index (χ1n) is 9.11. The third-order valence-electron chi connectivity index (χ3n) is 4.76. The van der Waals surface area contributed by atoms with Crippen molar-refractivity contribution in [2.24, 2.45) is 5.92 Å². The molecule has 0 unspecified atom stereocenters. The molecule has 0 bridgehead atoms. The summed E-state index contributed by atoms with van der Waals surface area (Å²) in [6.45, 7) is 1.01. The molecule has 1 saturated heterocycles. The van der Waals surface area contributed by atoms with Crippen molar-refractivity contribution in [3.63, 3.8) is 0 Å². The smallest absolute Gasteiger partial charge is 0.272 e. The summed E-state index contributed by atoms with van der Waals surface area (Å²) in [5.74, 6) is -1.97. The normalized spacial score (nSPS) is 16.7. The van der Waals surface area contributed by atoms with E-state index in [0.29, 0.717) is 25.2 Å². The zero-order chi connectivity index (χ0) is 20.3. The highest BCUT2D eigenvalue weighted by atomic mass is 19.1. The van der Waals surface area contributed by atoms with E-state index in [4.69, 9.17) is 0 Å². The van der Waals surface area contributed by atoms with Crippen molar-refractivity contribution in [1.29, 1.82) is 0 Å². The first-order valence-corrected chi connectivity index (χ1v) is 9.11. The molecule has 148 valence electrons. The Balaban J connectivity index is 1.69. The van der Waals surface area contributed by atoms with E-state index in [1.165, 1.54) is 11.2 Å². The highest BCUT2D eigenvalue weighted by Crippen LogP contribution is 2.22. The minimum atomic E-state index is -0.768. The molecular weight excluding hydrogens is 366 g/mol. The Morgan fingerprint density at radius 1 is 1.14 bits per heavy atom. The molecule has 1 aliphatic rings. The Labute approximate surface area is 162 Å². The number of carbonyl (C=O) groups excluding carboxylic acids is 2. The van der Waals surface area contributed by atoms with E-state index in [0.717, 1.165) is 36.7 Å². The van der Waals surface area contributed by atoms with Crippen LogP contribution in [-0.4, -0.2) is 58.8 Å². The predicted octanol–water partition coefficient (Wildman–Crippen LogP) is 2.55. The van der Waals surface area contributed by atoms with Gasteiger partial charge < -0.3 is 9.80 Å². The van der Waals surface area contributed by atoms with Gasteiger partial charge in [0.2, 0.25) is 0 Å². The standard InChI is InChI=1S/C20H22F2N4O2/c1-25(2)20(28)18-10-17(23-12-24-18)6-13-4-3-5-26(11-13)19(27)14-7-15(21)9-16(22)8-14/h7-10,12-13H,3-6,11H2,1-2H3/t13-/m0/s1. The molecule has 2 aromatic rings. The van der Waals surface area contributed by atoms with Crippen LogP contribution in [0.1, 0.15) is 39.4 Å². The number of aromatic nitrogens is 2. The number of hydrogen-bond acceptors (Lipinski definition) is 4. The molecule has 1 fully saturated rings. The maximum absolute atomic E-state index is 13.4. The molecule has 0 aliphatic carbocycles. The largest absolute Gasteiger partial charge is 0.343 e. The molecule has 6 nitrogen and oxygen atoms in total. The average molecular weight is 388 g/mol. The highest BCUT2D eigenvalue weighted by molar-refractivity contribution is 5.94. The zero-order valence-electron chi connectivity index (χ0n) is 15.9. The van der Waals surface area contributed by atoms with Crippen LogP contribution in [0.25, 0.3) is 0 Å². The Kier molecular flexibility index (Phi) is 5.96. The molecule has 1 atom stereocenters. The molecule has 28 heavy (non-hydrogen) atoms. The maximum Gasteiger partial charge on any atom is 0.272 e. The molecule has 0 N–H and O–H groups in total. The summed E-state index contributed by atoms with van der Waals surface area (Å²) in [6.07, 6.45) is 3.66. The van der Waals surface area contributed by atoms with Crippen molar-refractivity contribution in [3.05, 3.63) is 59.2 Å². The van der Waals surface area contributed by atoms with Gasteiger partial charge in [0.25, 0.3) is 11.8 Å². The van der Waals surface area contributed by atoms with Crippen molar-refractivity contribution in [2.75, 3.05) is 27.2 Å². The Morgan fingerprint density at radius 3 is 2.54 bits per heavy atom. The van der Waals surface area contributed by atoms with Crippen molar-refractivity contribution < 1.29 is 18.4 Å². The molecule has 1 aromatic carbocycles. The van der Waals surface area contributed by atoms with Gasteiger partial charge in [-0.05, 0) is 43.4 Å². The second-order valence-corrected chi connectivity index (χ2v) is 7.22. The van der Waals surface area contributed by atoms with Crippen LogP contribution in [0.3, 0.4) is 0 Å². The molecule has 1 aliphatic heterocycles. The first kappa shape index (κ1) is 19.9. The summed E-state index contributed by atoms with van der Waals surface area (Å²) in [6, 6.07) is 4.53. The van der Waals surface area contributed by atoms with Crippen LogP contribution in [0.2, 0.25) is 0 Å². The Bertz CT molecular complexity index is 868. The van der Waals surface area contributed by atoms with E-state index >= 15 is 0 Å². The predicted molar refractivity (Wildman–Crippen MR) is 98.7 cm³/mol. The summed E-state index contributed by atoms with van der Waals surface area (Å²) in [4.78, 5) is 36.0. The van der Waals surface area contributed by atoms with Gasteiger partial charge in [0, 0.05) is 44.5 Å². The fraction of sp³-hybridized carbons (Fsp3) is 0.400. The lowest BCUT2D eigenvalue weighted by molar-refractivity contribution is 0.0671. The SMILES string of the molecule is CN(C)C(=O)c1cc(C[C@@H]2CCCN(C(=O)c3cc(F)cc(F)c3)C2)ncn1. The summed E-state index contributed by atoms with van der Waals surface area (Å²) >= 11 is 0. The van der Waals surface area contributed by atoms with Crippen LogP contribution in [0.5, 0.6) is 0 Å². The topological polar surface area (TPSA) is 66.4 Å². The second-order valence-electron chi connectivity index (χ2n) is 7.22. The van der Waals surface area contributed by atoms with E-state index in [1.54, 1.807) is 25.1 Å². The lowest BCUT2D eigenvalue weighted by Gasteiger charge is -2.32. The summed E-state index contributed by atoms with van der Waals surface area (Å²) < 4.78 is 26.8. The van der Waals surface area contributed by atoms with Gasteiger partial charge in [0.05, 0.1) is 0 Å². The van der Waals surface area contributed by atoms with Crippen LogP contribution < -0.4 is 0 Å². The van der Waals surface area contributed by atoms with E-state index in [2.05, 4.69) is 9.97 Å². The molecule has 0 spiro atoms. The number of nitrogens with zero attached hydrogens (tertiary/aromatic N) is 4. The van der Waals surface area contributed by atoms with Gasteiger partial charge in [0.15, 0.2) is 0 Å². The molecular formula is C20H22F2N4O2. The van der Waals surface area contributed by atoms with Crippen LogP contribution in [-0.2, 0) is 6.42 Å². The molecule has 8 heteroatoms. The van der Waals surface area contributed by atoms with Gasteiger partial charge >= 0.3 is 0 Å². The van der Waals surface area contributed by atoms with Gasteiger partial charge in [-0.1, -0.05) is 0 Å². The van der Waals surface area contributed by atoms with E-state index in [-0.39, 0.29) is 23.3 Å². The van der Waals surface area contributed by atoms with E-state index in [1.807, 2.05) is 0 Å². The molecule has 0 saturated carbocycles. The van der Waals surface area contributed by atoms with E-state index in [9.17, 15) is 18.4 Å². The minimum absolute atomic E-state index is 0.0130. The number of benzene rings is 1. The fourth-order valence-electron chi connectivity index (χ4n) is 3.43. The fourth-order valence-corrected chi connectivity index (χ4v) is 3.43. The second kappa shape index (κ2) is 8.41. The van der Waals surface area contributed by atoms with Crippen molar-refractivity contribution in [1.82, 2.24) is 19.8 Å². The van der Waals surface area contributed by atoms with Gasteiger partial charge in [-0.3, -0.25) is 9.59 Å². The number of hydrogen-bond donors (Lipinski definition) is 0. The molecule has 2 heterocycles. The monoisotopic (exact) mass is 388 g/mol. The Morgan fingerprint density at radius 2 is 1.86 bits per heavy atom. The van der Waals surface area contributed by atoms with Gasteiger partial charge in [-0.2, -0.15) is 0 Å². The van der Waals surface area contributed by atoms with Gasteiger partial charge in [-0.15, -0.1) is 0 Å². The molecule has 0 radical (unpaired) electrons. The quantitative estimate of drug-likeness (QED) is 0.807. The summed E-state index contributed by atoms with van der Waals surface area (Å²) in [5.41, 5.74) is 1.07.